The molecule has 1 amide bonds. The van der Waals surface area contributed by atoms with Crippen LogP contribution in [0.4, 0.5) is 0 Å². The lowest BCUT2D eigenvalue weighted by molar-refractivity contribution is -0.137. The summed E-state index contributed by atoms with van der Waals surface area (Å²) in [6, 6.07) is 4.82. The quantitative estimate of drug-likeness (QED) is 0.730. The summed E-state index contributed by atoms with van der Waals surface area (Å²) >= 11 is 0. The molecular weight excluding hydrogens is 376 g/mol. The fourth-order valence-corrected chi connectivity index (χ4v) is 4.95. The zero-order valence-electron chi connectivity index (χ0n) is 18.3. The highest BCUT2D eigenvalue weighted by molar-refractivity contribution is 5.78. The Hall–Kier alpha value is -2.25. The topological polar surface area (TPSA) is 57.5 Å². The van der Waals surface area contributed by atoms with E-state index in [9.17, 15) is 4.79 Å². The number of rotatable bonds is 6. The molecule has 0 spiro atoms. The smallest absolute Gasteiger partial charge is 0.227 e. The molecule has 0 bridgehead atoms. The number of aryl methyl sites for hydroxylation is 1. The van der Waals surface area contributed by atoms with Crippen LogP contribution in [0.3, 0.4) is 0 Å². The summed E-state index contributed by atoms with van der Waals surface area (Å²) in [5, 5.41) is 4.21. The van der Waals surface area contributed by atoms with Crippen molar-refractivity contribution in [1.82, 2.24) is 29.5 Å². The summed E-state index contributed by atoms with van der Waals surface area (Å²) in [6.45, 7) is 5.94. The molecule has 7 nitrogen and oxygen atoms in total. The van der Waals surface area contributed by atoms with Gasteiger partial charge in [0.2, 0.25) is 5.91 Å². The number of hydrogen-bond acceptors (Lipinski definition) is 5. The number of carbonyl (C=O) groups excluding carboxylic acids is 1. The van der Waals surface area contributed by atoms with Gasteiger partial charge in [0.05, 0.1) is 12.1 Å². The van der Waals surface area contributed by atoms with Crippen molar-refractivity contribution in [2.45, 2.75) is 44.8 Å². The first-order chi connectivity index (χ1) is 14.6. The molecule has 1 unspecified atom stereocenters. The Balaban J connectivity index is 1.26. The standard InChI is InChI=1S/C23H34N6O/c1-26(15-20-14-25-27(2)16-20)23(30)21-4-3-11-29(18-21)22-7-12-28(13-8-22)17-19-5-9-24-10-6-19/h5-6,9-10,14,16,21-22H,3-4,7-8,11-13,15,17-18H2,1-2H3. The highest BCUT2D eigenvalue weighted by Gasteiger charge is 2.32. The molecule has 30 heavy (non-hydrogen) atoms. The minimum Gasteiger partial charge on any atom is -0.341 e. The van der Waals surface area contributed by atoms with Gasteiger partial charge < -0.3 is 4.90 Å². The van der Waals surface area contributed by atoms with Crippen LogP contribution in [0.2, 0.25) is 0 Å². The highest BCUT2D eigenvalue weighted by atomic mass is 16.2. The van der Waals surface area contributed by atoms with Gasteiger partial charge >= 0.3 is 0 Å². The predicted octanol–water partition coefficient (Wildman–Crippen LogP) is 2.15. The first-order valence-corrected chi connectivity index (χ1v) is 11.2. The largest absolute Gasteiger partial charge is 0.341 e. The van der Waals surface area contributed by atoms with Gasteiger partial charge in [-0.15, -0.1) is 0 Å². The fourth-order valence-electron chi connectivity index (χ4n) is 4.95. The van der Waals surface area contributed by atoms with Crippen molar-refractivity contribution >= 4 is 5.91 Å². The average Bonchev–Trinajstić information content (AvgIpc) is 3.19. The van der Waals surface area contributed by atoms with Crippen LogP contribution in [0.25, 0.3) is 0 Å². The third-order valence-electron chi connectivity index (χ3n) is 6.59. The van der Waals surface area contributed by atoms with Crippen LogP contribution in [-0.2, 0) is 24.9 Å². The number of nitrogens with zero attached hydrogens (tertiary/aromatic N) is 6. The van der Waals surface area contributed by atoms with E-state index in [0.29, 0.717) is 12.6 Å². The number of likely N-dealkylation sites (tertiary alicyclic amines) is 2. The lowest BCUT2D eigenvalue weighted by Crippen LogP contribution is -2.50. The molecule has 4 rings (SSSR count). The molecule has 162 valence electrons. The van der Waals surface area contributed by atoms with E-state index in [1.165, 1.54) is 18.4 Å². The van der Waals surface area contributed by atoms with Gasteiger partial charge in [0, 0.05) is 63.9 Å². The highest BCUT2D eigenvalue weighted by Crippen LogP contribution is 2.25. The van der Waals surface area contributed by atoms with E-state index < -0.39 is 0 Å². The molecular formula is C23H34N6O. The van der Waals surface area contributed by atoms with Gasteiger partial charge in [-0.1, -0.05) is 0 Å². The summed E-state index contributed by atoms with van der Waals surface area (Å²) < 4.78 is 1.79. The van der Waals surface area contributed by atoms with Crippen LogP contribution < -0.4 is 0 Å². The third-order valence-corrected chi connectivity index (χ3v) is 6.59. The second-order valence-electron chi connectivity index (χ2n) is 8.91. The zero-order chi connectivity index (χ0) is 20.9. The molecule has 2 aromatic rings. The van der Waals surface area contributed by atoms with Crippen molar-refractivity contribution in [3.05, 3.63) is 48.0 Å². The van der Waals surface area contributed by atoms with Crippen LogP contribution in [0.15, 0.2) is 36.9 Å². The molecule has 1 atom stereocenters. The summed E-state index contributed by atoms with van der Waals surface area (Å²) in [5.41, 5.74) is 2.42. The zero-order valence-corrected chi connectivity index (χ0v) is 18.3. The molecule has 2 aromatic heterocycles. The normalized spacial score (nSPS) is 21.6. The van der Waals surface area contributed by atoms with Gasteiger partial charge in [-0.2, -0.15) is 5.10 Å². The van der Waals surface area contributed by atoms with E-state index in [4.69, 9.17) is 0 Å². The van der Waals surface area contributed by atoms with E-state index in [0.717, 1.165) is 51.1 Å². The first kappa shape index (κ1) is 21.0. The first-order valence-electron chi connectivity index (χ1n) is 11.2. The molecule has 0 aliphatic carbocycles. The van der Waals surface area contributed by atoms with Crippen molar-refractivity contribution < 1.29 is 4.79 Å². The van der Waals surface area contributed by atoms with Gasteiger partial charge in [0.15, 0.2) is 0 Å². The number of hydrogen-bond donors (Lipinski definition) is 0. The van der Waals surface area contributed by atoms with Crippen molar-refractivity contribution in [1.29, 1.82) is 0 Å². The van der Waals surface area contributed by atoms with E-state index in [1.807, 2.05) is 43.8 Å². The Morgan fingerprint density at radius 2 is 1.90 bits per heavy atom. The second kappa shape index (κ2) is 9.71. The Kier molecular flexibility index (Phi) is 6.79. The fraction of sp³-hybridized carbons (Fsp3) is 0.609. The molecule has 0 radical (unpaired) electrons. The Morgan fingerprint density at radius 3 is 2.60 bits per heavy atom. The molecule has 2 fully saturated rings. The van der Waals surface area contributed by atoms with Crippen molar-refractivity contribution in [2.75, 3.05) is 33.2 Å². The third kappa shape index (κ3) is 5.26. The maximum Gasteiger partial charge on any atom is 0.227 e. The second-order valence-corrected chi connectivity index (χ2v) is 8.91. The maximum absolute atomic E-state index is 13.1. The molecule has 2 aliphatic rings. The molecule has 2 aliphatic heterocycles. The Bertz CT molecular complexity index is 814. The van der Waals surface area contributed by atoms with Crippen LogP contribution in [-0.4, -0.2) is 74.6 Å². The Morgan fingerprint density at radius 1 is 1.13 bits per heavy atom. The predicted molar refractivity (Wildman–Crippen MR) is 117 cm³/mol. The van der Waals surface area contributed by atoms with Crippen molar-refractivity contribution in [3.8, 4) is 0 Å². The number of amides is 1. The van der Waals surface area contributed by atoms with E-state index >= 15 is 0 Å². The van der Waals surface area contributed by atoms with Gasteiger partial charge in [0.1, 0.15) is 0 Å². The summed E-state index contributed by atoms with van der Waals surface area (Å²) in [5.74, 6) is 0.397. The number of aromatic nitrogens is 3. The van der Waals surface area contributed by atoms with Crippen molar-refractivity contribution in [3.63, 3.8) is 0 Å². The summed E-state index contributed by atoms with van der Waals surface area (Å²) in [6.07, 6.45) is 12.1. The number of carbonyl (C=O) groups is 1. The van der Waals surface area contributed by atoms with E-state index in [1.54, 1.807) is 4.68 Å². The average molecular weight is 411 g/mol. The van der Waals surface area contributed by atoms with Gasteiger partial charge in [-0.25, -0.2) is 0 Å². The van der Waals surface area contributed by atoms with Crippen LogP contribution in [0.1, 0.15) is 36.8 Å². The Labute approximate surface area is 179 Å². The maximum atomic E-state index is 13.1. The van der Waals surface area contributed by atoms with E-state index in [-0.39, 0.29) is 11.8 Å². The minimum absolute atomic E-state index is 0.121. The summed E-state index contributed by atoms with van der Waals surface area (Å²) in [7, 11) is 3.83. The molecule has 4 heterocycles. The number of pyridine rings is 1. The van der Waals surface area contributed by atoms with Gasteiger partial charge in [-0.3, -0.25) is 24.3 Å². The molecule has 0 N–H and O–H groups in total. The summed E-state index contributed by atoms with van der Waals surface area (Å²) in [4.78, 5) is 24.2. The van der Waals surface area contributed by atoms with Crippen LogP contribution >= 0.6 is 0 Å². The SMILES string of the molecule is CN(Cc1cnn(C)c1)C(=O)C1CCCN(C2CCN(Cc3ccncc3)CC2)C1. The van der Waals surface area contributed by atoms with Crippen LogP contribution in [0, 0.1) is 5.92 Å². The number of piperidine rings is 2. The lowest BCUT2D eigenvalue weighted by Gasteiger charge is -2.42. The lowest BCUT2D eigenvalue weighted by atomic mass is 9.92. The molecule has 0 aromatic carbocycles. The molecule has 0 saturated carbocycles. The van der Waals surface area contributed by atoms with E-state index in [2.05, 4.69) is 32.0 Å². The monoisotopic (exact) mass is 410 g/mol. The van der Waals surface area contributed by atoms with Gasteiger partial charge in [-0.05, 0) is 63.0 Å². The molecule has 2 saturated heterocycles. The minimum atomic E-state index is 0.121. The molecule has 7 heteroatoms. The van der Waals surface area contributed by atoms with Crippen LogP contribution in [0.5, 0.6) is 0 Å². The van der Waals surface area contributed by atoms with Crippen molar-refractivity contribution in [2.24, 2.45) is 13.0 Å². The van der Waals surface area contributed by atoms with Gasteiger partial charge in [0.25, 0.3) is 0 Å².